The van der Waals surface area contributed by atoms with Gasteiger partial charge >= 0.3 is 0 Å². The largest absolute Gasteiger partial charge is 0.384 e. The number of anilines is 1. The Balaban J connectivity index is 3.01. The van der Waals surface area contributed by atoms with E-state index in [0.717, 1.165) is 30.3 Å². The Morgan fingerprint density at radius 3 is 2.54 bits per heavy atom. The number of rotatable bonds is 3. The van der Waals surface area contributed by atoms with Crippen LogP contribution < -0.4 is 5.73 Å². The smallest absolute Gasteiger partial charge is 0.126 e. The van der Waals surface area contributed by atoms with Crippen molar-refractivity contribution in [2.24, 2.45) is 5.92 Å². The first kappa shape index (κ1) is 10.1. The van der Waals surface area contributed by atoms with E-state index in [4.69, 9.17) is 5.73 Å². The second-order valence-corrected chi connectivity index (χ2v) is 3.86. The highest BCUT2D eigenvalue weighted by atomic mass is 15.1. The minimum Gasteiger partial charge on any atom is -0.384 e. The van der Waals surface area contributed by atoms with Crippen molar-refractivity contribution in [3.63, 3.8) is 0 Å². The molecule has 1 heterocycles. The molecule has 1 rings (SSSR count). The lowest BCUT2D eigenvalue weighted by molar-refractivity contribution is 0.513. The van der Waals surface area contributed by atoms with E-state index >= 15 is 0 Å². The van der Waals surface area contributed by atoms with Gasteiger partial charge in [-0.3, -0.25) is 0 Å². The van der Waals surface area contributed by atoms with Gasteiger partial charge < -0.3 is 10.3 Å². The molecule has 0 bridgehead atoms. The van der Waals surface area contributed by atoms with E-state index in [-0.39, 0.29) is 0 Å². The van der Waals surface area contributed by atoms with Crippen molar-refractivity contribution in [1.82, 2.24) is 9.55 Å². The summed E-state index contributed by atoms with van der Waals surface area (Å²) in [5.74, 6) is 2.54. The van der Waals surface area contributed by atoms with Crippen LogP contribution in [0.2, 0.25) is 0 Å². The lowest BCUT2D eigenvalue weighted by Crippen LogP contribution is -2.10. The molecule has 0 atom stereocenters. The lowest BCUT2D eigenvalue weighted by Gasteiger charge is -2.10. The number of imidazole rings is 1. The van der Waals surface area contributed by atoms with Gasteiger partial charge in [0.25, 0.3) is 0 Å². The third-order valence-electron chi connectivity index (χ3n) is 2.13. The predicted molar refractivity (Wildman–Crippen MR) is 55.6 cm³/mol. The van der Waals surface area contributed by atoms with Gasteiger partial charge in [-0.2, -0.15) is 0 Å². The number of nitrogen functional groups attached to an aromatic ring is 1. The Morgan fingerprint density at radius 2 is 2.08 bits per heavy atom. The molecule has 0 radical (unpaired) electrons. The second kappa shape index (κ2) is 3.81. The molecule has 0 saturated carbocycles. The second-order valence-electron chi connectivity index (χ2n) is 3.86. The summed E-state index contributed by atoms with van der Waals surface area (Å²) in [5, 5.41) is 0. The molecular weight excluding hydrogens is 162 g/mol. The first-order chi connectivity index (χ1) is 6.06. The summed E-state index contributed by atoms with van der Waals surface area (Å²) >= 11 is 0. The highest BCUT2D eigenvalue weighted by molar-refractivity contribution is 5.37. The summed E-state index contributed by atoms with van der Waals surface area (Å²) in [6.07, 6.45) is 0.949. The van der Waals surface area contributed by atoms with Gasteiger partial charge in [-0.15, -0.1) is 0 Å². The van der Waals surface area contributed by atoms with Gasteiger partial charge in [0.1, 0.15) is 11.6 Å². The van der Waals surface area contributed by atoms with Gasteiger partial charge in [0.15, 0.2) is 0 Å². The Hall–Kier alpha value is -0.990. The maximum Gasteiger partial charge on any atom is 0.126 e. The zero-order valence-corrected chi connectivity index (χ0v) is 8.96. The quantitative estimate of drug-likeness (QED) is 0.775. The average molecular weight is 181 g/mol. The number of nitrogens with zero attached hydrogens (tertiary/aromatic N) is 2. The Kier molecular flexibility index (Phi) is 2.96. The molecule has 74 valence electrons. The highest BCUT2D eigenvalue weighted by Crippen LogP contribution is 2.15. The molecule has 1 aromatic heterocycles. The van der Waals surface area contributed by atoms with Crippen molar-refractivity contribution >= 4 is 5.82 Å². The van der Waals surface area contributed by atoms with E-state index in [9.17, 15) is 0 Å². The monoisotopic (exact) mass is 181 g/mol. The van der Waals surface area contributed by atoms with Crippen molar-refractivity contribution in [2.45, 2.75) is 40.7 Å². The molecule has 1 aromatic rings. The van der Waals surface area contributed by atoms with Crippen LogP contribution in [-0.4, -0.2) is 9.55 Å². The van der Waals surface area contributed by atoms with Crippen molar-refractivity contribution in [1.29, 1.82) is 0 Å². The molecule has 3 heteroatoms. The molecule has 0 aliphatic heterocycles. The van der Waals surface area contributed by atoms with Crippen LogP contribution >= 0.6 is 0 Å². The van der Waals surface area contributed by atoms with Crippen LogP contribution in [0.3, 0.4) is 0 Å². The normalized spacial score (nSPS) is 11.2. The molecule has 3 nitrogen and oxygen atoms in total. The predicted octanol–water partition coefficient (Wildman–Crippen LogP) is 1.99. The zero-order valence-electron chi connectivity index (χ0n) is 8.96. The number of aryl methyl sites for hydroxylation is 2. The summed E-state index contributed by atoms with van der Waals surface area (Å²) in [6.45, 7) is 9.42. The number of hydrogen-bond donors (Lipinski definition) is 1. The summed E-state index contributed by atoms with van der Waals surface area (Å²) in [7, 11) is 0. The maximum atomic E-state index is 5.93. The van der Waals surface area contributed by atoms with Crippen molar-refractivity contribution < 1.29 is 0 Å². The van der Waals surface area contributed by atoms with Crippen molar-refractivity contribution in [3.8, 4) is 0 Å². The molecule has 0 unspecified atom stereocenters. The van der Waals surface area contributed by atoms with Gasteiger partial charge in [-0.1, -0.05) is 20.8 Å². The van der Waals surface area contributed by atoms with Crippen LogP contribution in [-0.2, 0) is 13.0 Å². The third kappa shape index (κ3) is 2.02. The molecule has 0 spiro atoms. The van der Waals surface area contributed by atoms with Crippen LogP contribution in [0.25, 0.3) is 0 Å². The molecule has 0 aliphatic carbocycles. The fraction of sp³-hybridized carbons (Fsp3) is 0.700. The molecule has 13 heavy (non-hydrogen) atoms. The molecular formula is C10H19N3. The van der Waals surface area contributed by atoms with E-state index < -0.39 is 0 Å². The van der Waals surface area contributed by atoms with Gasteiger partial charge in [0.2, 0.25) is 0 Å². The van der Waals surface area contributed by atoms with E-state index in [0.29, 0.717) is 5.92 Å². The van der Waals surface area contributed by atoms with Gasteiger partial charge in [0, 0.05) is 13.0 Å². The lowest BCUT2D eigenvalue weighted by atomic mass is 10.2. The highest BCUT2D eigenvalue weighted by Gasteiger charge is 2.10. The van der Waals surface area contributed by atoms with Crippen molar-refractivity contribution in [3.05, 3.63) is 11.5 Å². The summed E-state index contributed by atoms with van der Waals surface area (Å²) in [4.78, 5) is 4.42. The van der Waals surface area contributed by atoms with E-state index in [1.165, 1.54) is 0 Å². The topological polar surface area (TPSA) is 43.8 Å². The fourth-order valence-corrected chi connectivity index (χ4v) is 1.48. The van der Waals surface area contributed by atoms with Crippen LogP contribution in [0.1, 0.15) is 32.3 Å². The van der Waals surface area contributed by atoms with Crippen molar-refractivity contribution in [2.75, 3.05) is 5.73 Å². The third-order valence-corrected chi connectivity index (χ3v) is 2.13. The standard InChI is InChI=1S/C10H19N3/c1-5-9-12-8(4)10(11)13(9)6-7(2)3/h7H,5-6,11H2,1-4H3. The molecule has 0 saturated heterocycles. The van der Waals surface area contributed by atoms with Gasteiger partial charge in [-0.25, -0.2) is 4.98 Å². The summed E-state index contributed by atoms with van der Waals surface area (Å²) in [6, 6.07) is 0. The first-order valence-electron chi connectivity index (χ1n) is 4.87. The molecule has 0 aromatic carbocycles. The van der Waals surface area contributed by atoms with Crippen LogP contribution in [0.5, 0.6) is 0 Å². The van der Waals surface area contributed by atoms with Crippen LogP contribution in [0.15, 0.2) is 0 Å². The van der Waals surface area contributed by atoms with Gasteiger partial charge in [-0.05, 0) is 12.8 Å². The molecule has 0 fully saturated rings. The molecule has 2 N–H and O–H groups in total. The minimum atomic E-state index is 0.612. The Bertz CT molecular complexity index is 287. The Labute approximate surface area is 80.0 Å². The van der Waals surface area contributed by atoms with Gasteiger partial charge in [0.05, 0.1) is 5.69 Å². The molecule has 0 aliphatic rings. The zero-order chi connectivity index (χ0) is 10.0. The van der Waals surface area contributed by atoms with E-state index in [1.54, 1.807) is 0 Å². The number of hydrogen-bond acceptors (Lipinski definition) is 2. The summed E-state index contributed by atoms with van der Waals surface area (Å²) < 4.78 is 2.12. The SMILES string of the molecule is CCc1nc(C)c(N)n1CC(C)C. The Morgan fingerprint density at radius 1 is 1.46 bits per heavy atom. The average Bonchev–Trinajstić information content (AvgIpc) is 2.31. The van der Waals surface area contributed by atoms with Crippen LogP contribution in [0, 0.1) is 12.8 Å². The molecule has 0 amide bonds. The maximum absolute atomic E-state index is 5.93. The number of nitrogens with two attached hydrogens (primary N) is 1. The van der Waals surface area contributed by atoms with E-state index in [2.05, 4.69) is 30.3 Å². The van der Waals surface area contributed by atoms with E-state index in [1.807, 2.05) is 6.92 Å². The minimum absolute atomic E-state index is 0.612. The first-order valence-corrected chi connectivity index (χ1v) is 4.87. The summed E-state index contributed by atoms with van der Waals surface area (Å²) in [5.41, 5.74) is 6.88. The fourth-order valence-electron chi connectivity index (χ4n) is 1.48. The number of aromatic nitrogens is 2. The van der Waals surface area contributed by atoms with Crippen LogP contribution in [0.4, 0.5) is 5.82 Å².